The smallest absolute Gasteiger partial charge is 0.285 e. The van der Waals surface area contributed by atoms with Gasteiger partial charge in [0, 0.05) is 23.5 Å². The lowest BCUT2D eigenvalue weighted by atomic mass is 10.2. The first-order chi connectivity index (χ1) is 11.1. The van der Waals surface area contributed by atoms with Crippen LogP contribution in [0.5, 0.6) is 0 Å². The molecule has 0 radical (unpaired) electrons. The van der Waals surface area contributed by atoms with Crippen molar-refractivity contribution in [3.05, 3.63) is 59.9 Å². The van der Waals surface area contributed by atoms with E-state index in [1.54, 1.807) is 42.9 Å². The molecular formula is C15H14N4O3S. The monoisotopic (exact) mass is 330 g/mol. The maximum Gasteiger partial charge on any atom is 0.285 e. The van der Waals surface area contributed by atoms with Gasteiger partial charge in [-0.3, -0.25) is 4.98 Å². The lowest BCUT2D eigenvalue weighted by Crippen LogP contribution is -2.28. The van der Waals surface area contributed by atoms with E-state index >= 15 is 0 Å². The summed E-state index contributed by atoms with van der Waals surface area (Å²) in [4.78, 5) is 4.13. The number of aromatic nitrogens is 1. The molecule has 2 heterocycles. The molecule has 0 atom stereocenters. The maximum absolute atomic E-state index is 12.1. The summed E-state index contributed by atoms with van der Waals surface area (Å²) in [6, 6.07) is 10.1. The van der Waals surface area contributed by atoms with Crippen LogP contribution in [0.15, 0.2) is 63.2 Å². The van der Waals surface area contributed by atoms with E-state index < -0.39 is 10.0 Å². The minimum absolute atomic E-state index is 0.124. The van der Waals surface area contributed by atoms with Crippen molar-refractivity contribution in [2.24, 2.45) is 9.50 Å². The summed E-state index contributed by atoms with van der Waals surface area (Å²) in [5.74, 6) is 0.204. The highest BCUT2D eigenvalue weighted by Gasteiger charge is 2.31. The molecule has 1 aromatic heterocycles. The van der Waals surface area contributed by atoms with Gasteiger partial charge < -0.3 is 5.11 Å². The van der Waals surface area contributed by atoms with Gasteiger partial charge in [-0.1, -0.05) is 18.2 Å². The number of rotatable bonds is 4. The number of sulfonamides is 1. The fourth-order valence-electron chi connectivity index (χ4n) is 2.18. The molecule has 118 valence electrons. The van der Waals surface area contributed by atoms with Crippen molar-refractivity contribution in [3.8, 4) is 0 Å². The average Bonchev–Trinajstić information content (AvgIpc) is 2.84. The number of pyridine rings is 1. The molecule has 0 unspecified atom stereocenters. The first-order valence-corrected chi connectivity index (χ1v) is 8.32. The SMILES string of the molecule is O=S1(=O)N=C(N(CCO)N=Cc2cccnc2)c2ccccc21. The van der Waals surface area contributed by atoms with Crippen molar-refractivity contribution in [1.82, 2.24) is 9.99 Å². The molecule has 0 amide bonds. The Kier molecular flexibility index (Phi) is 4.18. The summed E-state index contributed by atoms with van der Waals surface area (Å²) < 4.78 is 28.0. The largest absolute Gasteiger partial charge is 0.394 e. The Morgan fingerprint density at radius 2 is 2.04 bits per heavy atom. The minimum atomic E-state index is -3.72. The second-order valence-electron chi connectivity index (χ2n) is 4.76. The predicted molar refractivity (Wildman–Crippen MR) is 85.8 cm³/mol. The summed E-state index contributed by atoms with van der Waals surface area (Å²) in [7, 11) is -3.72. The Morgan fingerprint density at radius 1 is 1.22 bits per heavy atom. The molecule has 7 nitrogen and oxygen atoms in total. The number of hydrogen-bond donors (Lipinski definition) is 1. The van der Waals surface area contributed by atoms with Crippen molar-refractivity contribution in [2.45, 2.75) is 4.90 Å². The molecule has 1 aromatic carbocycles. The van der Waals surface area contributed by atoms with Gasteiger partial charge in [-0.2, -0.15) is 13.5 Å². The van der Waals surface area contributed by atoms with Crippen LogP contribution >= 0.6 is 0 Å². The Morgan fingerprint density at radius 3 is 2.78 bits per heavy atom. The molecule has 0 bridgehead atoms. The second-order valence-corrected chi connectivity index (χ2v) is 6.34. The molecular weight excluding hydrogens is 316 g/mol. The van der Waals surface area contributed by atoms with Gasteiger partial charge >= 0.3 is 0 Å². The van der Waals surface area contributed by atoms with Gasteiger partial charge in [0.15, 0.2) is 5.84 Å². The number of nitrogens with zero attached hydrogens (tertiary/aromatic N) is 4. The van der Waals surface area contributed by atoms with Crippen LogP contribution in [-0.2, 0) is 10.0 Å². The third-order valence-electron chi connectivity index (χ3n) is 3.20. The molecule has 0 saturated carbocycles. The summed E-state index contributed by atoms with van der Waals surface area (Å²) in [6.45, 7) is -0.0644. The van der Waals surface area contributed by atoms with Crippen molar-refractivity contribution in [3.63, 3.8) is 0 Å². The Balaban J connectivity index is 1.98. The molecule has 8 heteroatoms. The summed E-state index contributed by atoms with van der Waals surface area (Å²) in [5, 5.41) is 14.9. The molecule has 1 N–H and O–H groups in total. The van der Waals surface area contributed by atoms with E-state index in [1.165, 1.54) is 11.1 Å². The topological polar surface area (TPSA) is 95.2 Å². The Bertz CT molecular complexity index is 863. The quantitative estimate of drug-likeness (QED) is 0.662. The molecule has 23 heavy (non-hydrogen) atoms. The standard InChI is InChI=1S/C15H14N4O3S/c20-9-8-19(17-11-12-4-3-7-16-10-12)15-13-5-1-2-6-14(13)23(21,22)18-15/h1-7,10-11,20H,8-9H2. The van der Waals surface area contributed by atoms with Crippen molar-refractivity contribution in [2.75, 3.05) is 13.2 Å². The third-order valence-corrected chi connectivity index (χ3v) is 4.52. The molecule has 0 fully saturated rings. The number of hydrazone groups is 1. The Labute approximate surface area is 133 Å². The van der Waals surface area contributed by atoms with Crippen LogP contribution in [-0.4, -0.2) is 48.7 Å². The van der Waals surface area contributed by atoms with Crippen LogP contribution in [0.4, 0.5) is 0 Å². The van der Waals surface area contributed by atoms with E-state index in [9.17, 15) is 13.5 Å². The summed E-state index contributed by atoms with van der Waals surface area (Å²) in [6.07, 6.45) is 4.81. The van der Waals surface area contributed by atoms with E-state index in [0.29, 0.717) is 5.56 Å². The molecule has 1 aliphatic rings. The van der Waals surface area contributed by atoms with Gasteiger partial charge in [-0.15, -0.1) is 4.40 Å². The van der Waals surface area contributed by atoms with E-state index in [2.05, 4.69) is 14.5 Å². The van der Waals surface area contributed by atoms with E-state index in [4.69, 9.17) is 0 Å². The van der Waals surface area contributed by atoms with Crippen LogP contribution in [0.3, 0.4) is 0 Å². The lowest BCUT2D eigenvalue weighted by Gasteiger charge is -2.17. The number of benzene rings is 1. The zero-order chi connectivity index (χ0) is 16.3. The maximum atomic E-state index is 12.1. The normalized spacial score (nSPS) is 15.4. The first kappa shape index (κ1) is 15.3. The fraction of sp³-hybridized carbons (Fsp3) is 0.133. The summed E-state index contributed by atoms with van der Waals surface area (Å²) >= 11 is 0. The molecule has 0 spiro atoms. The first-order valence-electron chi connectivity index (χ1n) is 6.88. The highest BCUT2D eigenvalue weighted by Crippen LogP contribution is 2.27. The van der Waals surface area contributed by atoms with Gasteiger partial charge in [0.05, 0.1) is 19.4 Å². The second kappa shape index (κ2) is 6.27. The zero-order valence-corrected chi connectivity index (χ0v) is 12.9. The lowest BCUT2D eigenvalue weighted by molar-refractivity contribution is 0.254. The van der Waals surface area contributed by atoms with E-state index in [0.717, 1.165) is 5.56 Å². The van der Waals surface area contributed by atoms with E-state index in [1.807, 2.05) is 6.07 Å². The number of fused-ring (bicyclic) bond motifs is 1. The predicted octanol–water partition coefficient (Wildman–Crippen LogP) is 0.859. The van der Waals surface area contributed by atoms with Gasteiger partial charge in [0.2, 0.25) is 0 Å². The minimum Gasteiger partial charge on any atom is -0.394 e. The molecule has 1 aliphatic heterocycles. The van der Waals surface area contributed by atoms with Crippen LogP contribution in [0, 0.1) is 0 Å². The molecule has 2 aromatic rings. The van der Waals surface area contributed by atoms with Gasteiger partial charge in [-0.25, -0.2) is 5.01 Å². The van der Waals surface area contributed by atoms with Crippen molar-refractivity contribution >= 4 is 22.1 Å². The average molecular weight is 330 g/mol. The zero-order valence-electron chi connectivity index (χ0n) is 12.1. The Hall–Kier alpha value is -2.58. The van der Waals surface area contributed by atoms with Crippen molar-refractivity contribution < 1.29 is 13.5 Å². The van der Waals surface area contributed by atoms with Crippen LogP contribution in [0.1, 0.15) is 11.1 Å². The van der Waals surface area contributed by atoms with E-state index in [-0.39, 0.29) is 23.9 Å². The van der Waals surface area contributed by atoms with Crippen molar-refractivity contribution in [1.29, 1.82) is 0 Å². The fourth-order valence-corrected chi connectivity index (χ4v) is 3.38. The number of aliphatic hydroxyl groups is 1. The molecule has 0 saturated heterocycles. The number of aliphatic hydroxyl groups excluding tert-OH is 1. The van der Waals surface area contributed by atoms with Gasteiger partial charge in [-0.05, 0) is 18.2 Å². The van der Waals surface area contributed by atoms with Gasteiger partial charge in [0.25, 0.3) is 10.0 Å². The highest BCUT2D eigenvalue weighted by molar-refractivity contribution is 7.90. The highest BCUT2D eigenvalue weighted by atomic mass is 32.2. The van der Waals surface area contributed by atoms with Crippen LogP contribution in [0.25, 0.3) is 0 Å². The third kappa shape index (κ3) is 3.13. The summed E-state index contributed by atoms with van der Waals surface area (Å²) in [5.41, 5.74) is 1.23. The molecule has 0 aliphatic carbocycles. The molecule has 3 rings (SSSR count). The van der Waals surface area contributed by atoms with Crippen LogP contribution in [0.2, 0.25) is 0 Å². The number of amidine groups is 1. The number of hydrogen-bond acceptors (Lipinski definition) is 6. The van der Waals surface area contributed by atoms with Gasteiger partial charge in [0.1, 0.15) is 4.90 Å². The van der Waals surface area contributed by atoms with Crippen LogP contribution < -0.4 is 0 Å².